The Morgan fingerprint density at radius 3 is 2.70 bits per heavy atom. The maximum absolute atomic E-state index is 11.9. The monoisotopic (exact) mass is 398 g/mol. The number of aromatic nitrogens is 3. The van der Waals surface area contributed by atoms with Gasteiger partial charge in [-0.2, -0.15) is 0 Å². The SMILES string of the molecule is Cc1ccc2c(CSc3nnc(-c4ccc(Cl)cc4)n3N)cc(=O)oc2c1. The quantitative estimate of drug-likeness (QED) is 0.317. The summed E-state index contributed by atoms with van der Waals surface area (Å²) in [6.07, 6.45) is 0. The van der Waals surface area contributed by atoms with E-state index >= 15 is 0 Å². The highest BCUT2D eigenvalue weighted by Gasteiger charge is 2.14. The molecule has 2 N–H and O–H groups in total. The summed E-state index contributed by atoms with van der Waals surface area (Å²) in [7, 11) is 0. The molecule has 27 heavy (non-hydrogen) atoms. The van der Waals surface area contributed by atoms with Crippen LogP contribution in [-0.4, -0.2) is 14.9 Å². The third kappa shape index (κ3) is 3.56. The fourth-order valence-electron chi connectivity index (χ4n) is 2.77. The summed E-state index contributed by atoms with van der Waals surface area (Å²) in [4.78, 5) is 11.9. The summed E-state index contributed by atoms with van der Waals surface area (Å²) in [6, 6.07) is 14.5. The number of nitrogens with zero attached hydrogens (tertiary/aromatic N) is 3. The van der Waals surface area contributed by atoms with Gasteiger partial charge in [0.15, 0.2) is 5.82 Å². The molecule has 2 heterocycles. The minimum Gasteiger partial charge on any atom is -0.423 e. The molecule has 8 heteroatoms. The summed E-state index contributed by atoms with van der Waals surface area (Å²) < 4.78 is 6.73. The van der Waals surface area contributed by atoms with Crippen LogP contribution in [0.3, 0.4) is 0 Å². The Morgan fingerprint density at radius 2 is 1.93 bits per heavy atom. The Labute approximate surface area is 163 Å². The van der Waals surface area contributed by atoms with E-state index < -0.39 is 0 Å². The Balaban J connectivity index is 1.62. The average molecular weight is 399 g/mol. The van der Waals surface area contributed by atoms with Gasteiger partial charge in [-0.25, -0.2) is 9.47 Å². The average Bonchev–Trinajstić information content (AvgIpc) is 3.00. The smallest absolute Gasteiger partial charge is 0.336 e. The zero-order chi connectivity index (χ0) is 19.0. The van der Waals surface area contributed by atoms with Crippen molar-refractivity contribution in [2.24, 2.45) is 0 Å². The van der Waals surface area contributed by atoms with E-state index in [0.717, 1.165) is 22.1 Å². The molecule has 2 aromatic carbocycles. The number of rotatable bonds is 4. The summed E-state index contributed by atoms with van der Waals surface area (Å²) in [5, 5.41) is 10.4. The predicted octanol–water partition coefficient (Wildman–Crippen LogP) is 4.02. The molecule has 0 bridgehead atoms. The van der Waals surface area contributed by atoms with Gasteiger partial charge in [0.1, 0.15) is 5.58 Å². The van der Waals surface area contributed by atoms with Crippen LogP contribution < -0.4 is 11.5 Å². The highest BCUT2D eigenvalue weighted by Crippen LogP contribution is 2.28. The van der Waals surface area contributed by atoms with Gasteiger partial charge in [0.05, 0.1) is 0 Å². The number of fused-ring (bicyclic) bond motifs is 1. The van der Waals surface area contributed by atoms with Crippen molar-refractivity contribution >= 4 is 34.3 Å². The van der Waals surface area contributed by atoms with Crippen molar-refractivity contribution in [3.05, 3.63) is 75.1 Å². The van der Waals surface area contributed by atoms with Crippen molar-refractivity contribution in [1.82, 2.24) is 14.9 Å². The van der Waals surface area contributed by atoms with Crippen LogP contribution in [0, 0.1) is 6.92 Å². The molecule has 0 unspecified atom stereocenters. The van der Waals surface area contributed by atoms with Crippen LogP contribution in [0.5, 0.6) is 0 Å². The van der Waals surface area contributed by atoms with E-state index in [2.05, 4.69) is 10.2 Å². The van der Waals surface area contributed by atoms with Gasteiger partial charge in [-0.3, -0.25) is 0 Å². The molecule has 0 aliphatic carbocycles. The molecule has 0 amide bonds. The van der Waals surface area contributed by atoms with E-state index in [0.29, 0.717) is 27.3 Å². The molecule has 6 nitrogen and oxygen atoms in total. The number of halogens is 1. The molecular formula is C19H15ClN4O2S. The van der Waals surface area contributed by atoms with Gasteiger partial charge >= 0.3 is 5.63 Å². The molecule has 0 radical (unpaired) electrons. The second-order valence-corrected chi connectivity index (χ2v) is 7.44. The first-order valence-electron chi connectivity index (χ1n) is 8.14. The highest BCUT2D eigenvalue weighted by molar-refractivity contribution is 7.98. The van der Waals surface area contributed by atoms with Crippen LogP contribution in [0.4, 0.5) is 0 Å². The maximum atomic E-state index is 11.9. The topological polar surface area (TPSA) is 86.9 Å². The van der Waals surface area contributed by atoms with Crippen LogP contribution in [0.1, 0.15) is 11.1 Å². The summed E-state index contributed by atoms with van der Waals surface area (Å²) in [6.45, 7) is 1.95. The lowest BCUT2D eigenvalue weighted by molar-refractivity contribution is 0.559. The molecule has 4 aromatic rings. The second-order valence-electron chi connectivity index (χ2n) is 6.06. The number of nitrogens with two attached hydrogens (primary N) is 1. The van der Waals surface area contributed by atoms with Gasteiger partial charge in [0.25, 0.3) is 0 Å². The Hall–Kier alpha value is -2.77. The lowest BCUT2D eigenvalue weighted by atomic mass is 10.1. The number of hydrogen-bond acceptors (Lipinski definition) is 6. The Kier molecular flexibility index (Phi) is 4.63. The highest BCUT2D eigenvalue weighted by atomic mass is 35.5. The zero-order valence-corrected chi connectivity index (χ0v) is 15.9. The van der Waals surface area contributed by atoms with Crippen LogP contribution in [0.15, 0.2) is 62.9 Å². The third-order valence-electron chi connectivity index (χ3n) is 4.11. The molecule has 136 valence electrons. The molecule has 0 saturated heterocycles. The first kappa shape index (κ1) is 17.6. The predicted molar refractivity (Wildman–Crippen MR) is 107 cm³/mol. The standard InChI is InChI=1S/C19H15ClN4O2S/c1-11-2-7-15-13(9-17(25)26-16(15)8-11)10-27-19-23-22-18(24(19)21)12-3-5-14(20)6-4-12/h2-9H,10,21H2,1H3. The van der Waals surface area contributed by atoms with E-state index in [4.69, 9.17) is 21.9 Å². The first-order chi connectivity index (χ1) is 13.0. The minimum absolute atomic E-state index is 0.375. The van der Waals surface area contributed by atoms with E-state index in [1.54, 1.807) is 12.1 Å². The first-order valence-corrected chi connectivity index (χ1v) is 9.50. The number of hydrogen-bond donors (Lipinski definition) is 1. The summed E-state index contributed by atoms with van der Waals surface area (Å²) in [5.74, 6) is 7.22. The van der Waals surface area contributed by atoms with Crippen LogP contribution in [0.2, 0.25) is 5.02 Å². The maximum Gasteiger partial charge on any atom is 0.336 e. The van der Waals surface area contributed by atoms with Crippen LogP contribution in [-0.2, 0) is 5.75 Å². The largest absolute Gasteiger partial charge is 0.423 e. The molecule has 0 spiro atoms. The molecule has 0 aliphatic rings. The van der Waals surface area contributed by atoms with Crippen molar-refractivity contribution in [2.45, 2.75) is 17.8 Å². The van der Waals surface area contributed by atoms with Gasteiger partial charge < -0.3 is 10.3 Å². The minimum atomic E-state index is -0.375. The molecule has 2 aromatic heterocycles. The number of nitrogen functional groups attached to an aromatic ring is 1. The normalized spacial score (nSPS) is 11.2. The van der Waals surface area contributed by atoms with E-state index in [-0.39, 0.29) is 5.63 Å². The van der Waals surface area contributed by atoms with E-state index in [1.807, 2.05) is 37.3 Å². The van der Waals surface area contributed by atoms with Crippen LogP contribution in [0.25, 0.3) is 22.4 Å². The molecule has 0 fully saturated rings. The van der Waals surface area contributed by atoms with Crippen molar-refractivity contribution in [3.63, 3.8) is 0 Å². The second kappa shape index (κ2) is 7.09. The lowest BCUT2D eigenvalue weighted by Gasteiger charge is -2.06. The van der Waals surface area contributed by atoms with E-state index in [9.17, 15) is 4.79 Å². The fraction of sp³-hybridized carbons (Fsp3) is 0.105. The van der Waals surface area contributed by atoms with Gasteiger partial charge in [-0.1, -0.05) is 35.5 Å². The van der Waals surface area contributed by atoms with Gasteiger partial charge in [0, 0.05) is 27.8 Å². The molecule has 4 rings (SSSR count). The van der Waals surface area contributed by atoms with Crippen molar-refractivity contribution in [3.8, 4) is 11.4 Å². The van der Waals surface area contributed by atoms with Crippen molar-refractivity contribution < 1.29 is 4.42 Å². The van der Waals surface area contributed by atoms with Gasteiger partial charge in [-0.05, 0) is 48.4 Å². The molecule has 0 saturated carbocycles. The number of benzene rings is 2. The van der Waals surface area contributed by atoms with Crippen molar-refractivity contribution in [1.29, 1.82) is 0 Å². The van der Waals surface area contributed by atoms with Crippen LogP contribution >= 0.6 is 23.4 Å². The molecular weight excluding hydrogens is 384 g/mol. The number of thioether (sulfide) groups is 1. The van der Waals surface area contributed by atoms with E-state index in [1.165, 1.54) is 22.5 Å². The fourth-order valence-corrected chi connectivity index (χ4v) is 3.74. The summed E-state index contributed by atoms with van der Waals surface area (Å²) >= 11 is 7.32. The number of aryl methyl sites for hydroxylation is 1. The molecule has 0 aliphatic heterocycles. The Morgan fingerprint density at radius 1 is 1.15 bits per heavy atom. The van der Waals surface area contributed by atoms with Gasteiger partial charge in [-0.15, -0.1) is 10.2 Å². The summed E-state index contributed by atoms with van der Waals surface area (Å²) in [5.41, 5.74) is 2.92. The zero-order valence-electron chi connectivity index (χ0n) is 14.3. The lowest BCUT2D eigenvalue weighted by Crippen LogP contribution is -2.11. The Bertz CT molecular complexity index is 1180. The third-order valence-corrected chi connectivity index (χ3v) is 5.35. The molecule has 0 atom stereocenters. The van der Waals surface area contributed by atoms with Gasteiger partial charge in [0.2, 0.25) is 5.16 Å². The van der Waals surface area contributed by atoms with Crippen molar-refractivity contribution in [2.75, 3.05) is 5.84 Å².